The summed E-state index contributed by atoms with van der Waals surface area (Å²) in [5.41, 5.74) is 4.26. The number of nitrogens with zero attached hydrogens (tertiary/aromatic N) is 2. The maximum Gasteiger partial charge on any atom is 0.261 e. The molecule has 0 saturated heterocycles. The highest BCUT2D eigenvalue weighted by Crippen LogP contribution is 2.28. The minimum Gasteiger partial charge on any atom is -0.351 e. The molecule has 4 rings (SSSR count). The van der Waals surface area contributed by atoms with Crippen LogP contribution in [0.15, 0.2) is 84.5 Å². The molecule has 5 heteroatoms. The van der Waals surface area contributed by atoms with E-state index in [0.717, 1.165) is 28.1 Å². The zero-order valence-corrected chi connectivity index (χ0v) is 15.5. The Morgan fingerprint density at radius 2 is 1.81 bits per heavy atom. The van der Waals surface area contributed by atoms with Crippen LogP contribution in [0, 0.1) is 0 Å². The Morgan fingerprint density at radius 1 is 1.00 bits per heavy atom. The quantitative estimate of drug-likeness (QED) is 0.538. The number of hydrogen-bond acceptors (Lipinski definition) is 3. The fraction of sp³-hybridized carbons (Fsp3) is 0.0909. The van der Waals surface area contributed by atoms with Gasteiger partial charge >= 0.3 is 0 Å². The first-order valence-corrected chi connectivity index (χ1v) is 9.69. The fourth-order valence-electron chi connectivity index (χ4n) is 2.97. The normalized spacial score (nSPS) is 10.7. The number of amides is 1. The van der Waals surface area contributed by atoms with Crippen molar-refractivity contribution in [2.75, 3.05) is 6.54 Å². The van der Waals surface area contributed by atoms with Crippen molar-refractivity contribution in [2.45, 2.75) is 6.42 Å². The second kappa shape index (κ2) is 8.01. The molecule has 0 atom stereocenters. The number of nitrogens with one attached hydrogen (secondary N) is 1. The van der Waals surface area contributed by atoms with Gasteiger partial charge in [-0.2, -0.15) is 5.10 Å². The number of rotatable bonds is 6. The van der Waals surface area contributed by atoms with Gasteiger partial charge in [0, 0.05) is 24.5 Å². The Bertz CT molecular complexity index is 1010. The summed E-state index contributed by atoms with van der Waals surface area (Å²) < 4.78 is 1.83. The Morgan fingerprint density at radius 3 is 2.56 bits per heavy atom. The number of thiophene rings is 1. The summed E-state index contributed by atoms with van der Waals surface area (Å²) in [6.45, 7) is 0.603. The third kappa shape index (κ3) is 3.99. The standard InChI is InChI=1S/C22H19N3OS/c26-22(21-20(12-16-27-21)18-5-2-1-3-6-18)23-14-11-17-7-9-19(10-8-17)25-15-4-13-24-25/h1-10,12-13,15-16H,11,14H2,(H,23,26). The van der Waals surface area contributed by atoms with Gasteiger partial charge < -0.3 is 5.32 Å². The summed E-state index contributed by atoms with van der Waals surface area (Å²) in [4.78, 5) is 13.3. The van der Waals surface area contributed by atoms with Crippen LogP contribution in [-0.4, -0.2) is 22.2 Å². The summed E-state index contributed by atoms with van der Waals surface area (Å²) >= 11 is 1.48. The third-order valence-corrected chi connectivity index (χ3v) is 5.27. The van der Waals surface area contributed by atoms with E-state index in [9.17, 15) is 4.79 Å². The molecule has 0 fully saturated rings. The molecule has 27 heavy (non-hydrogen) atoms. The molecule has 0 aliphatic heterocycles. The molecule has 0 aliphatic carbocycles. The van der Waals surface area contributed by atoms with Crippen LogP contribution in [0.5, 0.6) is 0 Å². The molecule has 1 N–H and O–H groups in total. The average molecular weight is 373 g/mol. The lowest BCUT2D eigenvalue weighted by molar-refractivity contribution is 0.0959. The van der Waals surface area contributed by atoms with Crippen LogP contribution in [0.4, 0.5) is 0 Å². The van der Waals surface area contributed by atoms with Crippen LogP contribution < -0.4 is 5.32 Å². The Balaban J connectivity index is 1.36. The zero-order valence-electron chi connectivity index (χ0n) is 14.7. The molecule has 4 aromatic rings. The molecule has 0 bridgehead atoms. The molecular formula is C22H19N3OS. The molecule has 0 spiro atoms. The van der Waals surface area contributed by atoms with Gasteiger partial charge in [-0.1, -0.05) is 42.5 Å². The highest BCUT2D eigenvalue weighted by atomic mass is 32.1. The van der Waals surface area contributed by atoms with E-state index in [0.29, 0.717) is 6.54 Å². The van der Waals surface area contributed by atoms with Crippen LogP contribution in [0.1, 0.15) is 15.2 Å². The lowest BCUT2D eigenvalue weighted by atomic mass is 10.1. The number of hydrogen-bond donors (Lipinski definition) is 1. The number of aromatic nitrogens is 2. The average Bonchev–Trinajstić information content (AvgIpc) is 3.41. The summed E-state index contributed by atoms with van der Waals surface area (Å²) in [5, 5.41) is 9.23. The number of benzene rings is 2. The largest absolute Gasteiger partial charge is 0.351 e. The van der Waals surface area contributed by atoms with Crippen LogP contribution in [-0.2, 0) is 6.42 Å². The van der Waals surface area contributed by atoms with Crippen molar-refractivity contribution in [3.63, 3.8) is 0 Å². The van der Waals surface area contributed by atoms with Crippen LogP contribution in [0.25, 0.3) is 16.8 Å². The highest BCUT2D eigenvalue weighted by Gasteiger charge is 2.14. The molecule has 4 nitrogen and oxygen atoms in total. The molecule has 2 aromatic heterocycles. The highest BCUT2D eigenvalue weighted by molar-refractivity contribution is 7.12. The van der Waals surface area contributed by atoms with Gasteiger partial charge in [0.15, 0.2) is 0 Å². The maximum atomic E-state index is 12.6. The van der Waals surface area contributed by atoms with Crippen LogP contribution in [0.3, 0.4) is 0 Å². The van der Waals surface area contributed by atoms with E-state index in [4.69, 9.17) is 0 Å². The molecule has 0 aliphatic rings. The van der Waals surface area contributed by atoms with Crippen LogP contribution in [0.2, 0.25) is 0 Å². The molecule has 2 aromatic carbocycles. The monoisotopic (exact) mass is 373 g/mol. The zero-order chi connectivity index (χ0) is 18.5. The Kier molecular flexibility index (Phi) is 5.12. The lowest BCUT2D eigenvalue weighted by Crippen LogP contribution is -2.25. The smallest absolute Gasteiger partial charge is 0.261 e. The minimum absolute atomic E-state index is 0.0167. The Hall–Kier alpha value is -3.18. The molecule has 2 heterocycles. The van der Waals surface area contributed by atoms with Gasteiger partial charge in [-0.05, 0) is 47.2 Å². The first-order chi connectivity index (χ1) is 13.3. The molecule has 134 valence electrons. The van der Waals surface area contributed by atoms with Gasteiger partial charge in [-0.15, -0.1) is 11.3 Å². The molecule has 0 saturated carbocycles. The van der Waals surface area contributed by atoms with Gasteiger partial charge in [0.1, 0.15) is 0 Å². The Labute approximate surface area is 162 Å². The van der Waals surface area contributed by atoms with E-state index in [-0.39, 0.29) is 5.91 Å². The molecule has 1 amide bonds. The molecule has 0 radical (unpaired) electrons. The van der Waals surface area contributed by atoms with E-state index in [1.807, 2.05) is 70.9 Å². The molecule has 0 unspecified atom stereocenters. The van der Waals surface area contributed by atoms with Gasteiger partial charge in [0.25, 0.3) is 5.91 Å². The van der Waals surface area contributed by atoms with E-state index >= 15 is 0 Å². The van der Waals surface area contributed by atoms with Gasteiger partial charge in [-0.25, -0.2) is 4.68 Å². The van der Waals surface area contributed by atoms with E-state index in [1.54, 1.807) is 6.20 Å². The second-order valence-corrected chi connectivity index (χ2v) is 7.07. The summed E-state index contributed by atoms with van der Waals surface area (Å²) in [7, 11) is 0. The predicted molar refractivity (Wildman–Crippen MR) is 109 cm³/mol. The van der Waals surface area contributed by atoms with E-state index in [1.165, 1.54) is 16.9 Å². The molecular weight excluding hydrogens is 354 g/mol. The van der Waals surface area contributed by atoms with Gasteiger partial charge in [0.2, 0.25) is 0 Å². The number of carbonyl (C=O) groups excluding carboxylic acids is 1. The van der Waals surface area contributed by atoms with Gasteiger partial charge in [0.05, 0.1) is 10.6 Å². The summed E-state index contributed by atoms with van der Waals surface area (Å²) in [5.74, 6) is -0.0167. The lowest BCUT2D eigenvalue weighted by Gasteiger charge is -2.07. The van der Waals surface area contributed by atoms with Crippen molar-refractivity contribution < 1.29 is 4.79 Å². The summed E-state index contributed by atoms with van der Waals surface area (Å²) in [6.07, 6.45) is 4.47. The SMILES string of the molecule is O=C(NCCc1ccc(-n2cccn2)cc1)c1sccc1-c1ccccc1. The first kappa shape index (κ1) is 17.2. The van der Waals surface area contributed by atoms with Crippen molar-refractivity contribution in [3.8, 4) is 16.8 Å². The third-order valence-electron chi connectivity index (χ3n) is 4.36. The van der Waals surface area contributed by atoms with E-state index in [2.05, 4.69) is 22.5 Å². The second-order valence-electron chi connectivity index (χ2n) is 6.15. The predicted octanol–water partition coefficient (Wildman–Crippen LogP) is 4.57. The minimum atomic E-state index is -0.0167. The van der Waals surface area contributed by atoms with E-state index < -0.39 is 0 Å². The first-order valence-electron chi connectivity index (χ1n) is 8.81. The van der Waals surface area contributed by atoms with Crippen molar-refractivity contribution in [1.29, 1.82) is 0 Å². The van der Waals surface area contributed by atoms with Crippen molar-refractivity contribution in [1.82, 2.24) is 15.1 Å². The van der Waals surface area contributed by atoms with Crippen LogP contribution >= 0.6 is 11.3 Å². The van der Waals surface area contributed by atoms with Crippen molar-refractivity contribution in [2.24, 2.45) is 0 Å². The van der Waals surface area contributed by atoms with Crippen molar-refractivity contribution >= 4 is 17.2 Å². The topological polar surface area (TPSA) is 46.9 Å². The van der Waals surface area contributed by atoms with Crippen molar-refractivity contribution in [3.05, 3.63) is 94.9 Å². The summed E-state index contributed by atoms with van der Waals surface area (Å²) in [6, 6.07) is 22.1. The van der Waals surface area contributed by atoms with Gasteiger partial charge in [-0.3, -0.25) is 4.79 Å². The number of carbonyl (C=O) groups is 1. The fourth-order valence-corrected chi connectivity index (χ4v) is 3.80. The maximum absolute atomic E-state index is 12.6.